The van der Waals surface area contributed by atoms with E-state index >= 15 is 0 Å². The molecule has 0 amide bonds. The van der Waals surface area contributed by atoms with Crippen molar-refractivity contribution in [3.63, 3.8) is 0 Å². The van der Waals surface area contributed by atoms with Crippen molar-refractivity contribution in [2.24, 2.45) is 4.99 Å². The molecule has 0 spiro atoms. The largest absolute Gasteiger partial charge is 0.497 e. The summed E-state index contributed by atoms with van der Waals surface area (Å²) in [6, 6.07) is 12.2. The van der Waals surface area contributed by atoms with Crippen molar-refractivity contribution >= 4 is 39.8 Å². The Kier molecular flexibility index (Phi) is 12.0. The first kappa shape index (κ1) is 28.2. The lowest BCUT2D eigenvalue weighted by Gasteiger charge is -2.16. The Labute approximate surface area is 208 Å². The molecule has 0 saturated heterocycles. The van der Waals surface area contributed by atoms with Crippen molar-refractivity contribution < 1.29 is 17.5 Å². The van der Waals surface area contributed by atoms with E-state index in [2.05, 4.69) is 34.7 Å². The third-order valence-corrected chi connectivity index (χ3v) is 5.73. The van der Waals surface area contributed by atoms with Crippen LogP contribution in [0.1, 0.15) is 42.9 Å². The van der Waals surface area contributed by atoms with Crippen LogP contribution in [0.5, 0.6) is 5.75 Å². The quantitative estimate of drug-likeness (QED) is 0.251. The number of hydrogen-bond acceptors (Lipinski definition) is 4. The van der Waals surface area contributed by atoms with Gasteiger partial charge >= 0.3 is 0 Å². The van der Waals surface area contributed by atoms with Crippen molar-refractivity contribution in [3.8, 4) is 5.75 Å². The molecule has 2 N–H and O–H groups in total. The van der Waals surface area contributed by atoms with Crippen molar-refractivity contribution in [1.82, 2.24) is 10.6 Å². The third kappa shape index (κ3) is 9.72. The molecule has 0 aliphatic carbocycles. The molecule has 0 bridgehead atoms. The molecule has 178 valence electrons. The third-order valence-electron chi connectivity index (χ3n) is 4.89. The lowest BCUT2D eigenvalue weighted by atomic mass is 9.98. The van der Waals surface area contributed by atoms with Gasteiger partial charge in [0.15, 0.2) is 15.8 Å². The van der Waals surface area contributed by atoms with Crippen LogP contribution < -0.4 is 15.4 Å². The van der Waals surface area contributed by atoms with Gasteiger partial charge in [-0.05, 0) is 60.2 Å². The van der Waals surface area contributed by atoms with Gasteiger partial charge in [0.2, 0.25) is 0 Å². The molecular weight excluding hydrogens is 544 g/mol. The van der Waals surface area contributed by atoms with E-state index < -0.39 is 15.7 Å². The van der Waals surface area contributed by atoms with Crippen LogP contribution in [0.25, 0.3) is 0 Å². The summed E-state index contributed by atoms with van der Waals surface area (Å²) in [5, 5.41) is 6.47. The zero-order valence-electron chi connectivity index (χ0n) is 19.0. The van der Waals surface area contributed by atoms with E-state index in [1.54, 1.807) is 7.11 Å². The summed E-state index contributed by atoms with van der Waals surface area (Å²) in [6.45, 7) is 5.70. The Hall–Kier alpha value is -1.88. The average molecular weight is 578 g/mol. The number of halogens is 2. The van der Waals surface area contributed by atoms with Crippen LogP contribution in [0.2, 0.25) is 0 Å². The van der Waals surface area contributed by atoms with Crippen molar-refractivity contribution in [2.75, 3.05) is 26.5 Å². The molecule has 2 aromatic carbocycles. The molecule has 2 rings (SSSR count). The maximum atomic E-state index is 13.7. The number of nitrogens with one attached hydrogen (secondary N) is 2. The SMILES string of the molecule is CCNC(=NCc1cc(F)ccc1CS(C)(=O)=O)NCCC(C)c1ccc(OC)cc1.I. The second kappa shape index (κ2) is 13.6. The van der Waals surface area contributed by atoms with E-state index in [0.717, 1.165) is 12.2 Å². The lowest BCUT2D eigenvalue weighted by molar-refractivity contribution is 0.414. The fourth-order valence-corrected chi connectivity index (χ4v) is 4.02. The first-order valence-corrected chi connectivity index (χ1v) is 12.4. The maximum absolute atomic E-state index is 13.7. The van der Waals surface area contributed by atoms with E-state index in [4.69, 9.17) is 4.74 Å². The first-order valence-electron chi connectivity index (χ1n) is 10.3. The minimum atomic E-state index is -3.23. The number of ether oxygens (including phenoxy) is 1. The number of benzene rings is 2. The summed E-state index contributed by atoms with van der Waals surface area (Å²) in [4.78, 5) is 4.52. The van der Waals surface area contributed by atoms with Crippen LogP contribution in [-0.2, 0) is 22.1 Å². The van der Waals surface area contributed by atoms with Crippen LogP contribution in [0.3, 0.4) is 0 Å². The molecule has 0 heterocycles. The van der Waals surface area contributed by atoms with Crippen molar-refractivity contribution in [1.29, 1.82) is 0 Å². The topological polar surface area (TPSA) is 79.8 Å². The Morgan fingerprint density at radius 2 is 1.81 bits per heavy atom. The Balaban J connectivity index is 0.00000512. The highest BCUT2D eigenvalue weighted by molar-refractivity contribution is 14.0. The second-order valence-electron chi connectivity index (χ2n) is 7.57. The smallest absolute Gasteiger partial charge is 0.191 e. The molecule has 0 radical (unpaired) electrons. The molecule has 1 atom stereocenters. The molecule has 1 unspecified atom stereocenters. The van der Waals surface area contributed by atoms with Gasteiger partial charge in [-0.25, -0.2) is 17.8 Å². The van der Waals surface area contributed by atoms with Gasteiger partial charge in [0, 0.05) is 19.3 Å². The average Bonchev–Trinajstić information content (AvgIpc) is 2.72. The summed E-state index contributed by atoms with van der Waals surface area (Å²) in [7, 11) is -1.58. The Bertz CT molecular complexity index is 982. The van der Waals surface area contributed by atoms with Crippen LogP contribution in [0.4, 0.5) is 4.39 Å². The number of sulfone groups is 1. The number of methoxy groups -OCH3 is 1. The number of nitrogens with zero attached hydrogens (tertiary/aromatic N) is 1. The summed E-state index contributed by atoms with van der Waals surface area (Å²) in [5.41, 5.74) is 2.36. The van der Waals surface area contributed by atoms with Gasteiger partial charge in [0.25, 0.3) is 0 Å². The summed E-state index contributed by atoms with van der Waals surface area (Å²) in [6.07, 6.45) is 2.06. The fourth-order valence-electron chi connectivity index (χ4n) is 3.18. The van der Waals surface area contributed by atoms with Gasteiger partial charge in [0.05, 0.1) is 19.4 Å². The first-order chi connectivity index (χ1) is 14.7. The van der Waals surface area contributed by atoms with Gasteiger partial charge < -0.3 is 15.4 Å². The highest BCUT2D eigenvalue weighted by atomic mass is 127. The summed E-state index contributed by atoms with van der Waals surface area (Å²) < 4.78 is 42.3. The van der Waals surface area contributed by atoms with Gasteiger partial charge in [-0.1, -0.05) is 25.1 Å². The van der Waals surface area contributed by atoms with Gasteiger partial charge in [-0.3, -0.25) is 0 Å². The zero-order chi connectivity index (χ0) is 22.9. The normalized spacial score (nSPS) is 12.6. The molecule has 2 aromatic rings. The van der Waals surface area contributed by atoms with Crippen molar-refractivity contribution in [2.45, 2.75) is 38.5 Å². The highest BCUT2D eigenvalue weighted by Crippen LogP contribution is 2.21. The van der Waals surface area contributed by atoms with Gasteiger partial charge in [-0.2, -0.15) is 0 Å². The fraction of sp³-hybridized carbons (Fsp3) is 0.435. The molecule has 32 heavy (non-hydrogen) atoms. The predicted molar refractivity (Wildman–Crippen MR) is 139 cm³/mol. The lowest BCUT2D eigenvalue weighted by Crippen LogP contribution is -2.38. The summed E-state index contributed by atoms with van der Waals surface area (Å²) in [5.74, 6) is 1.25. The van der Waals surface area contributed by atoms with Crippen LogP contribution in [0.15, 0.2) is 47.5 Å². The van der Waals surface area contributed by atoms with E-state index in [-0.39, 0.29) is 36.3 Å². The monoisotopic (exact) mass is 577 g/mol. The number of guanidine groups is 1. The molecule has 0 fully saturated rings. The second-order valence-corrected chi connectivity index (χ2v) is 9.71. The van der Waals surface area contributed by atoms with E-state index in [1.165, 1.54) is 30.0 Å². The van der Waals surface area contributed by atoms with Crippen LogP contribution >= 0.6 is 24.0 Å². The molecule has 9 heteroatoms. The maximum Gasteiger partial charge on any atom is 0.191 e. The molecule has 0 aliphatic heterocycles. The van der Waals surface area contributed by atoms with Crippen molar-refractivity contribution in [3.05, 3.63) is 65.0 Å². The molecule has 0 saturated carbocycles. The zero-order valence-corrected chi connectivity index (χ0v) is 22.2. The van der Waals surface area contributed by atoms with E-state index in [1.807, 2.05) is 19.1 Å². The molecule has 0 aromatic heterocycles. The number of rotatable bonds is 10. The van der Waals surface area contributed by atoms with Gasteiger partial charge in [-0.15, -0.1) is 24.0 Å². The summed E-state index contributed by atoms with van der Waals surface area (Å²) >= 11 is 0. The number of aliphatic imine (C=N–C) groups is 1. The van der Waals surface area contributed by atoms with Crippen LogP contribution in [-0.4, -0.2) is 40.8 Å². The van der Waals surface area contributed by atoms with E-state index in [9.17, 15) is 12.8 Å². The Morgan fingerprint density at radius 3 is 2.41 bits per heavy atom. The minimum absolute atomic E-state index is 0. The molecular formula is C23H33FIN3O3S. The van der Waals surface area contributed by atoms with Crippen LogP contribution in [0, 0.1) is 5.82 Å². The van der Waals surface area contributed by atoms with E-state index in [0.29, 0.717) is 36.1 Å². The Morgan fingerprint density at radius 1 is 1.12 bits per heavy atom. The standard InChI is InChI=1S/C23H32FN3O3S.HI/c1-5-25-23(26-13-12-17(2)18-7-10-22(30-3)11-8-18)27-15-20-14-21(24)9-6-19(20)16-31(4,28)29;/h6-11,14,17H,5,12-13,15-16H2,1-4H3,(H2,25,26,27);1H. The molecule has 6 nitrogen and oxygen atoms in total. The number of hydrogen-bond donors (Lipinski definition) is 2. The predicted octanol–water partition coefficient (Wildman–Crippen LogP) is 4.25. The minimum Gasteiger partial charge on any atom is -0.497 e. The molecule has 0 aliphatic rings. The van der Waals surface area contributed by atoms with Gasteiger partial charge in [0.1, 0.15) is 11.6 Å². The highest BCUT2D eigenvalue weighted by Gasteiger charge is 2.11.